The van der Waals surface area contributed by atoms with Gasteiger partial charge < -0.3 is 14.8 Å². The first-order valence-electron chi connectivity index (χ1n) is 7.18. The van der Waals surface area contributed by atoms with Gasteiger partial charge in [0.05, 0.1) is 18.9 Å². The second-order valence-electron chi connectivity index (χ2n) is 4.67. The fourth-order valence-electron chi connectivity index (χ4n) is 1.59. The van der Waals surface area contributed by atoms with Crippen molar-refractivity contribution in [3.05, 3.63) is 36.4 Å². The van der Waals surface area contributed by atoms with Crippen molar-refractivity contribution in [2.24, 2.45) is 5.10 Å². The van der Waals surface area contributed by atoms with E-state index >= 15 is 0 Å². The lowest BCUT2D eigenvalue weighted by molar-refractivity contribution is 0.224. The van der Waals surface area contributed by atoms with Crippen molar-refractivity contribution >= 4 is 23.5 Å². The van der Waals surface area contributed by atoms with E-state index in [2.05, 4.69) is 22.4 Å². The van der Waals surface area contributed by atoms with Crippen molar-refractivity contribution in [3.8, 4) is 11.5 Å². The summed E-state index contributed by atoms with van der Waals surface area (Å²) in [6.45, 7) is 10.7. The molecule has 0 saturated heterocycles. The predicted octanol–water partition coefficient (Wildman–Crippen LogP) is 2.86. The van der Waals surface area contributed by atoms with Crippen molar-refractivity contribution in [1.82, 2.24) is 10.7 Å². The van der Waals surface area contributed by atoms with Crippen LogP contribution in [0.2, 0.25) is 0 Å². The normalized spacial score (nSPS) is 10.5. The number of thiocarbonyl (C=S) groups is 1. The predicted molar refractivity (Wildman–Crippen MR) is 94.9 cm³/mol. The van der Waals surface area contributed by atoms with E-state index in [1.165, 1.54) is 0 Å². The summed E-state index contributed by atoms with van der Waals surface area (Å²) in [6, 6.07) is 5.67. The number of benzene rings is 1. The fourth-order valence-corrected chi connectivity index (χ4v) is 1.73. The summed E-state index contributed by atoms with van der Waals surface area (Å²) < 4.78 is 11.3. The fraction of sp³-hybridized carbons (Fsp3) is 0.375. The Kier molecular flexibility index (Phi) is 7.99. The Hall–Kier alpha value is -2.08. The maximum atomic E-state index is 5.71. The lowest BCUT2D eigenvalue weighted by atomic mass is 10.2. The molecule has 0 amide bonds. The molecule has 5 nitrogen and oxygen atoms in total. The number of ether oxygens (including phenoxy) is 2. The molecule has 0 radical (unpaired) electrons. The highest BCUT2D eigenvalue weighted by Crippen LogP contribution is 2.28. The molecule has 0 aromatic heterocycles. The molecular weight excluding hydrogens is 298 g/mol. The minimum Gasteiger partial charge on any atom is -0.490 e. The summed E-state index contributed by atoms with van der Waals surface area (Å²) in [5.41, 5.74) is 3.62. The van der Waals surface area contributed by atoms with Crippen LogP contribution in [0.15, 0.2) is 36.0 Å². The minimum absolute atomic E-state index is 0.0914. The van der Waals surface area contributed by atoms with E-state index in [-0.39, 0.29) is 6.10 Å². The molecule has 1 rings (SSSR count). The number of hydrogen-bond acceptors (Lipinski definition) is 4. The molecule has 2 N–H and O–H groups in total. The van der Waals surface area contributed by atoms with Gasteiger partial charge in [-0.15, -0.1) is 6.58 Å². The van der Waals surface area contributed by atoms with E-state index in [1.807, 2.05) is 39.0 Å². The third-order valence-electron chi connectivity index (χ3n) is 2.42. The Balaban J connectivity index is 2.72. The number of hydrogen-bond donors (Lipinski definition) is 2. The quantitative estimate of drug-likeness (QED) is 0.334. The average molecular weight is 321 g/mol. The van der Waals surface area contributed by atoms with Crippen LogP contribution >= 0.6 is 12.2 Å². The van der Waals surface area contributed by atoms with Gasteiger partial charge in [-0.25, -0.2) is 0 Å². The largest absolute Gasteiger partial charge is 0.490 e. The van der Waals surface area contributed by atoms with Crippen LogP contribution in [0.3, 0.4) is 0 Å². The molecule has 0 fully saturated rings. The molecule has 0 aliphatic heterocycles. The topological polar surface area (TPSA) is 54.9 Å². The number of hydrazone groups is 1. The third-order valence-corrected chi connectivity index (χ3v) is 2.65. The van der Waals surface area contributed by atoms with Gasteiger partial charge >= 0.3 is 0 Å². The number of rotatable bonds is 8. The summed E-state index contributed by atoms with van der Waals surface area (Å²) in [4.78, 5) is 0. The first kappa shape index (κ1) is 18.0. The molecule has 0 heterocycles. The Bertz CT molecular complexity index is 530. The van der Waals surface area contributed by atoms with E-state index in [4.69, 9.17) is 21.7 Å². The maximum absolute atomic E-state index is 5.71. The summed E-state index contributed by atoms with van der Waals surface area (Å²) in [6.07, 6.45) is 3.48. The third kappa shape index (κ3) is 6.58. The van der Waals surface area contributed by atoms with Crippen LogP contribution in [0.1, 0.15) is 26.3 Å². The Morgan fingerprint density at radius 3 is 2.82 bits per heavy atom. The zero-order chi connectivity index (χ0) is 16.4. The van der Waals surface area contributed by atoms with E-state index in [9.17, 15) is 0 Å². The molecule has 22 heavy (non-hydrogen) atoms. The van der Waals surface area contributed by atoms with Crippen LogP contribution in [0.25, 0.3) is 0 Å². The molecule has 0 aliphatic rings. The maximum Gasteiger partial charge on any atom is 0.187 e. The number of nitrogens with zero attached hydrogens (tertiary/aromatic N) is 1. The van der Waals surface area contributed by atoms with Crippen LogP contribution in [-0.4, -0.2) is 30.6 Å². The Morgan fingerprint density at radius 1 is 1.41 bits per heavy atom. The second kappa shape index (κ2) is 9.78. The van der Waals surface area contributed by atoms with Crippen LogP contribution in [0.4, 0.5) is 0 Å². The second-order valence-corrected chi connectivity index (χ2v) is 5.08. The monoisotopic (exact) mass is 321 g/mol. The van der Waals surface area contributed by atoms with Gasteiger partial charge in [0.1, 0.15) is 0 Å². The van der Waals surface area contributed by atoms with E-state index in [0.717, 1.165) is 11.3 Å². The SMILES string of the molecule is C=CCNC(=S)N/N=C/c1ccc(OC(C)C)c(OCC)c1. The average Bonchev–Trinajstić information content (AvgIpc) is 2.47. The summed E-state index contributed by atoms with van der Waals surface area (Å²) >= 11 is 5.04. The smallest absolute Gasteiger partial charge is 0.187 e. The van der Waals surface area contributed by atoms with Crippen molar-refractivity contribution in [2.75, 3.05) is 13.2 Å². The lowest BCUT2D eigenvalue weighted by Crippen LogP contribution is -2.31. The standard InChI is InChI=1S/C16H23N3O2S/c1-5-9-17-16(22)19-18-11-13-7-8-14(21-12(3)4)15(10-13)20-6-2/h5,7-8,10-12H,1,6,9H2,2-4H3,(H2,17,19,22)/b18-11+. The van der Waals surface area contributed by atoms with E-state index < -0.39 is 0 Å². The molecule has 0 spiro atoms. The molecule has 6 heteroatoms. The molecule has 1 aromatic carbocycles. The van der Waals surface area contributed by atoms with Gasteiger partial charge in [0.2, 0.25) is 0 Å². The van der Waals surface area contributed by atoms with Crippen molar-refractivity contribution < 1.29 is 9.47 Å². The zero-order valence-electron chi connectivity index (χ0n) is 13.3. The van der Waals surface area contributed by atoms with Crippen molar-refractivity contribution in [1.29, 1.82) is 0 Å². The van der Waals surface area contributed by atoms with E-state index in [1.54, 1.807) is 12.3 Å². The molecule has 120 valence electrons. The first-order chi connectivity index (χ1) is 10.6. The summed E-state index contributed by atoms with van der Waals surface area (Å²) in [5, 5.41) is 7.45. The molecule has 0 aliphatic carbocycles. The van der Waals surface area contributed by atoms with Gasteiger partial charge in [0, 0.05) is 6.54 Å². The van der Waals surface area contributed by atoms with Crippen LogP contribution in [-0.2, 0) is 0 Å². The lowest BCUT2D eigenvalue weighted by Gasteiger charge is -2.14. The molecule has 0 unspecified atom stereocenters. The van der Waals surface area contributed by atoms with Gasteiger partial charge in [-0.3, -0.25) is 5.43 Å². The van der Waals surface area contributed by atoms with Crippen molar-refractivity contribution in [2.45, 2.75) is 26.9 Å². The molecular formula is C16H23N3O2S. The van der Waals surface area contributed by atoms with Crippen LogP contribution in [0, 0.1) is 0 Å². The Labute approximate surface area is 137 Å². The summed E-state index contributed by atoms with van der Waals surface area (Å²) in [5.74, 6) is 1.43. The van der Waals surface area contributed by atoms with Crippen molar-refractivity contribution in [3.63, 3.8) is 0 Å². The number of nitrogens with one attached hydrogen (secondary N) is 2. The molecule has 0 saturated carbocycles. The van der Waals surface area contributed by atoms with E-state index in [0.29, 0.717) is 24.0 Å². The van der Waals surface area contributed by atoms with Gasteiger partial charge in [-0.2, -0.15) is 5.10 Å². The zero-order valence-corrected chi connectivity index (χ0v) is 14.1. The highest BCUT2D eigenvalue weighted by Gasteiger charge is 2.07. The highest BCUT2D eigenvalue weighted by atomic mass is 32.1. The highest BCUT2D eigenvalue weighted by molar-refractivity contribution is 7.80. The molecule has 0 bridgehead atoms. The first-order valence-corrected chi connectivity index (χ1v) is 7.59. The molecule has 0 atom stereocenters. The Morgan fingerprint density at radius 2 is 2.18 bits per heavy atom. The molecule has 1 aromatic rings. The van der Waals surface area contributed by atoms with Gasteiger partial charge in [-0.1, -0.05) is 6.08 Å². The van der Waals surface area contributed by atoms with Crippen LogP contribution < -0.4 is 20.2 Å². The van der Waals surface area contributed by atoms with Gasteiger partial charge in [0.15, 0.2) is 16.6 Å². The minimum atomic E-state index is 0.0914. The summed E-state index contributed by atoms with van der Waals surface area (Å²) in [7, 11) is 0. The van der Waals surface area contributed by atoms with Crippen LogP contribution in [0.5, 0.6) is 11.5 Å². The van der Waals surface area contributed by atoms with Gasteiger partial charge in [-0.05, 0) is 56.8 Å². The van der Waals surface area contributed by atoms with Gasteiger partial charge in [0.25, 0.3) is 0 Å².